The first-order chi connectivity index (χ1) is 9.31. The zero-order valence-electron chi connectivity index (χ0n) is 12.0. The Hall–Kier alpha value is -1.06. The summed E-state index contributed by atoms with van der Waals surface area (Å²) in [5.41, 5.74) is 6.72. The molecule has 3 nitrogen and oxygen atoms in total. The van der Waals surface area contributed by atoms with Gasteiger partial charge in [0.1, 0.15) is 12.4 Å². The topological polar surface area (TPSA) is 38.5 Å². The summed E-state index contributed by atoms with van der Waals surface area (Å²) >= 11 is 0. The van der Waals surface area contributed by atoms with Crippen LogP contribution >= 0.6 is 0 Å². The highest BCUT2D eigenvalue weighted by molar-refractivity contribution is 5.27. The summed E-state index contributed by atoms with van der Waals surface area (Å²) in [5.74, 6) is 1.83. The molecule has 106 valence electrons. The molecule has 1 atom stereocenters. The normalized spacial score (nSPS) is 20.4. The van der Waals surface area contributed by atoms with Crippen molar-refractivity contribution in [2.24, 2.45) is 11.7 Å². The van der Waals surface area contributed by atoms with E-state index in [1.807, 2.05) is 24.3 Å². The van der Waals surface area contributed by atoms with Crippen molar-refractivity contribution in [3.05, 3.63) is 29.8 Å². The number of hydrogen-bond acceptors (Lipinski definition) is 3. The third-order valence-corrected chi connectivity index (χ3v) is 4.02. The van der Waals surface area contributed by atoms with Gasteiger partial charge in [0.2, 0.25) is 0 Å². The molecule has 0 saturated carbocycles. The average molecular weight is 262 g/mol. The predicted molar refractivity (Wildman–Crippen MR) is 79.3 cm³/mol. The summed E-state index contributed by atoms with van der Waals surface area (Å²) in [6, 6.07) is 8.08. The smallest absolute Gasteiger partial charge is 0.119 e. The molecule has 19 heavy (non-hydrogen) atoms. The van der Waals surface area contributed by atoms with E-state index in [9.17, 15) is 0 Å². The minimum Gasteiger partial charge on any atom is -0.492 e. The third kappa shape index (κ3) is 4.51. The Kier molecular flexibility index (Phi) is 5.67. The van der Waals surface area contributed by atoms with Crippen LogP contribution in [0.5, 0.6) is 5.75 Å². The summed E-state index contributed by atoms with van der Waals surface area (Å²) in [5, 5.41) is 0. The van der Waals surface area contributed by atoms with E-state index in [2.05, 4.69) is 11.8 Å². The van der Waals surface area contributed by atoms with E-state index in [1.165, 1.54) is 32.4 Å². The Bertz CT molecular complexity index is 364. The van der Waals surface area contributed by atoms with E-state index < -0.39 is 0 Å². The molecule has 1 aliphatic heterocycles. The van der Waals surface area contributed by atoms with Crippen LogP contribution in [0, 0.1) is 5.92 Å². The molecule has 0 aliphatic carbocycles. The Labute approximate surface area is 116 Å². The first-order valence-electron chi connectivity index (χ1n) is 7.46. The second-order valence-corrected chi connectivity index (χ2v) is 5.41. The summed E-state index contributed by atoms with van der Waals surface area (Å²) < 4.78 is 5.79. The van der Waals surface area contributed by atoms with Crippen LogP contribution in [0.15, 0.2) is 24.3 Å². The number of piperidine rings is 1. The minimum absolute atomic E-state index is 0.590. The lowest BCUT2D eigenvalue weighted by atomic mass is 9.96. The quantitative estimate of drug-likeness (QED) is 0.856. The zero-order valence-corrected chi connectivity index (χ0v) is 12.0. The van der Waals surface area contributed by atoms with Crippen molar-refractivity contribution in [3.63, 3.8) is 0 Å². The predicted octanol–water partition coefficient (Wildman–Crippen LogP) is 2.65. The molecule has 0 spiro atoms. The number of hydrogen-bond donors (Lipinski definition) is 1. The van der Waals surface area contributed by atoms with Crippen molar-refractivity contribution in [2.75, 3.05) is 26.2 Å². The third-order valence-electron chi connectivity index (χ3n) is 4.02. The zero-order chi connectivity index (χ0) is 13.5. The summed E-state index contributed by atoms with van der Waals surface area (Å²) in [4.78, 5) is 2.53. The van der Waals surface area contributed by atoms with E-state index in [-0.39, 0.29) is 0 Å². The monoisotopic (exact) mass is 262 g/mol. The summed E-state index contributed by atoms with van der Waals surface area (Å²) in [6.07, 6.45) is 4.04. The number of ether oxygens (including phenoxy) is 1. The highest BCUT2D eigenvalue weighted by atomic mass is 16.5. The van der Waals surface area contributed by atoms with Gasteiger partial charge in [0.05, 0.1) is 0 Å². The molecule has 2 N–H and O–H groups in total. The van der Waals surface area contributed by atoms with Gasteiger partial charge >= 0.3 is 0 Å². The summed E-state index contributed by atoms with van der Waals surface area (Å²) in [7, 11) is 0. The van der Waals surface area contributed by atoms with Gasteiger partial charge in [0.15, 0.2) is 0 Å². The molecular weight excluding hydrogens is 236 g/mol. The Balaban J connectivity index is 1.70. The maximum atomic E-state index is 5.79. The molecule has 2 rings (SSSR count). The number of nitrogens with two attached hydrogens (primary N) is 1. The van der Waals surface area contributed by atoms with Crippen molar-refractivity contribution in [1.29, 1.82) is 0 Å². The maximum Gasteiger partial charge on any atom is 0.119 e. The van der Waals surface area contributed by atoms with E-state index in [0.717, 1.165) is 30.4 Å². The Morgan fingerprint density at radius 2 is 2.11 bits per heavy atom. The van der Waals surface area contributed by atoms with E-state index in [1.54, 1.807) is 0 Å². The van der Waals surface area contributed by atoms with Crippen molar-refractivity contribution in [2.45, 2.75) is 32.7 Å². The van der Waals surface area contributed by atoms with E-state index in [0.29, 0.717) is 6.54 Å². The van der Waals surface area contributed by atoms with Gasteiger partial charge in [-0.05, 0) is 43.0 Å². The van der Waals surface area contributed by atoms with Gasteiger partial charge in [-0.15, -0.1) is 0 Å². The van der Waals surface area contributed by atoms with Crippen molar-refractivity contribution in [1.82, 2.24) is 4.90 Å². The molecule has 0 amide bonds. The number of likely N-dealkylation sites (tertiary alicyclic amines) is 1. The highest BCUT2D eigenvalue weighted by Gasteiger charge is 2.17. The van der Waals surface area contributed by atoms with Crippen LogP contribution < -0.4 is 10.5 Å². The van der Waals surface area contributed by atoms with Crippen molar-refractivity contribution >= 4 is 0 Å². The number of benzene rings is 1. The highest BCUT2D eigenvalue weighted by Crippen LogP contribution is 2.19. The molecule has 3 heteroatoms. The fourth-order valence-electron chi connectivity index (χ4n) is 2.70. The summed E-state index contributed by atoms with van der Waals surface area (Å²) in [6.45, 7) is 7.17. The lowest BCUT2D eigenvalue weighted by Crippen LogP contribution is -2.37. The molecule has 0 aromatic heterocycles. The fourth-order valence-corrected chi connectivity index (χ4v) is 2.70. The van der Waals surface area contributed by atoms with Crippen LogP contribution in [0.3, 0.4) is 0 Å². The van der Waals surface area contributed by atoms with Crippen molar-refractivity contribution in [3.8, 4) is 5.75 Å². The Morgan fingerprint density at radius 1 is 1.32 bits per heavy atom. The average Bonchev–Trinajstić information content (AvgIpc) is 2.48. The van der Waals surface area contributed by atoms with Gasteiger partial charge < -0.3 is 10.5 Å². The Morgan fingerprint density at radius 3 is 2.79 bits per heavy atom. The van der Waals surface area contributed by atoms with Gasteiger partial charge in [-0.2, -0.15) is 0 Å². The lowest BCUT2D eigenvalue weighted by Gasteiger charge is -2.32. The van der Waals surface area contributed by atoms with Gasteiger partial charge in [0, 0.05) is 19.6 Å². The standard InChI is InChI=1S/C16H26N2O/c1-2-14-4-3-9-18(13-14)10-11-19-16-7-5-15(12-17)6-8-16/h5-8,14H,2-4,9-13,17H2,1H3. The molecule has 0 radical (unpaired) electrons. The lowest BCUT2D eigenvalue weighted by molar-refractivity contribution is 0.145. The first kappa shape index (κ1) is 14.4. The van der Waals surface area contributed by atoms with Crippen LogP contribution in [-0.4, -0.2) is 31.1 Å². The first-order valence-corrected chi connectivity index (χ1v) is 7.46. The van der Waals surface area contributed by atoms with Crippen LogP contribution in [0.1, 0.15) is 31.7 Å². The molecule has 0 bridgehead atoms. The molecule has 1 heterocycles. The van der Waals surface area contributed by atoms with Crippen LogP contribution in [0.25, 0.3) is 0 Å². The van der Waals surface area contributed by atoms with Crippen LogP contribution in [-0.2, 0) is 6.54 Å². The number of rotatable bonds is 6. The van der Waals surface area contributed by atoms with Crippen LogP contribution in [0.2, 0.25) is 0 Å². The van der Waals surface area contributed by atoms with Crippen molar-refractivity contribution < 1.29 is 4.74 Å². The van der Waals surface area contributed by atoms with Gasteiger partial charge in [-0.1, -0.05) is 25.5 Å². The second-order valence-electron chi connectivity index (χ2n) is 5.41. The largest absolute Gasteiger partial charge is 0.492 e. The second kappa shape index (κ2) is 7.51. The molecule has 1 unspecified atom stereocenters. The molecular formula is C16H26N2O. The fraction of sp³-hybridized carbons (Fsp3) is 0.625. The molecule has 1 aliphatic rings. The minimum atomic E-state index is 0.590. The molecule has 1 fully saturated rings. The van der Waals surface area contributed by atoms with Gasteiger partial charge in [-0.3, -0.25) is 4.90 Å². The molecule has 1 saturated heterocycles. The van der Waals surface area contributed by atoms with E-state index in [4.69, 9.17) is 10.5 Å². The maximum absolute atomic E-state index is 5.79. The number of nitrogens with zero attached hydrogens (tertiary/aromatic N) is 1. The SMILES string of the molecule is CCC1CCCN(CCOc2ccc(CN)cc2)C1. The van der Waals surface area contributed by atoms with E-state index >= 15 is 0 Å². The van der Waals surface area contributed by atoms with Gasteiger partial charge in [-0.25, -0.2) is 0 Å². The molecule has 1 aromatic carbocycles. The van der Waals surface area contributed by atoms with Crippen LogP contribution in [0.4, 0.5) is 0 Å². The molecule has 1 aromatic rings. The van der Waals surface area contributed by atoms with Gasteiger partial charge in [0.25, 0.3) is 0 Å².